The van der Waals surface area contributed by atoms with Crippen molar-refractivity contribution in [1.29, 1.82) is 5.26 Å². The van der Waals surface area contributed by atoms with Gasteiger partial charge >= 0.3 is 7.12 Å². The van der Waals surface area contributed by atoms with E-state index in [1.165, 1.54) is 12.4 Å². The minimum atomic E-state index is -1.67. The highest BCUT2D eigenvalue weighted by Gasteiger charge is 2.39. The third kappa shape index (κ3) is 6.15. The molecule has 166 valence electrons. The molecule has 11 heteroatoms. The van der Waals surface area contributed by atoms with Crippen LogP contribution in [0.3, 0.4) is 0 Å². The van der Waals surface area contributed by atoms with Crippen molar-refractivity contribution >= 4 is 24.8 Å². The van der Waals surface area contributed by atoms with Crippen molar-refractivity contribution in [2.45, 2.75) is 64.0 Å². The Morgan fingerprint density at radius 2 is 2.00 bits per heavy atom. The number of carbonyl (C=O) groups is 2. The van der Waals surface area contributed by atoms with Crippen molar-refractivity contribution in [3.05, 3.63) is 18.1 Å². The molecule has 1 saturated carbocycles. The van der Waals surface area contributed by atoms with Crippen LogP contribution in [0.25, 0.3) is 0 Å². The van der Waals surface area contributed by atoms with E-state index in [4.69, 9.17) is 5.26 Å². The number of aromatic nitrogens is 2. The van der Waals surface area contributed by atoms with Crippen molar-refractivity contribution in [2.24, 2.45) is 11.8 Å². The number of nitrogens with one attached hydrogen (secondary N) is 2. The lowest BCUT2D eigenvalue weighted by molar-refractivity contribution is -0.130. The molecule has 31 heavy (non-hydrogen) atoms. The first-order valence-electron chi connectivity index (χ1n) is 10.7. The molecule has 10 nitrogen and oxygen atoms in total. The molecule has 0 spiro atoms. The Kier molecular flexibility index (Phi) is 7.46. The standard InChI is InChI=1S/C20H29BN6O4/c1-12(2)7-17(21(30)31)26-19(28)15(8-13-3-4-13)25-20(29)16-5-6-27(16)18-11-23-14(9-22)10-24-18/h10-13,15-17,30-31H,3-8H2,1-2H3,(H,25,29)(H,26,28). The molecule has 2 amide bonds. The van der Waals surface area contributed by atoms with E-state index in [0.717, 1.165) is 12.8 Å². The van der Waals surface area contributed by atoms with Crippen LogP contribution in [0, 0.1) is 23.2 Å². The molecule has 1 saturated heterocycles. The molecule has 1 aromatic heterocycles. The van der Waals surface area contributed by atoms with E-state index in [1.54, 1.807) is 4.90 Å². The zero-order chi connectivity index (χ0) is 22.5. The van der Waals surface area contributed by atoms with Crippen LogP contribution in [0.2, 0.25) is 0 Å². The van der Waals surface area contributed by atoms with Crippen molar-refractivity contribution in [2.75, 3.05) is 11.4 Å². The Balaban J connectivity index is 1.63. The Bertz CT molecular complexity index is 824. The highest BCUT2D eigenvalue weighted by molar-refractivity contribution is 6.43. The number of nitriles is 1. The van der Waals surface area contributed by atoms with Gasteiger partial charge in [-0.1, -0.05) is 26.7 Å². The van der Waals surface area contributed by atoms with Crippen LogP contribution >= 0.6 is 0 Å². The Labute approximate surface area is 182 Å². The van der Waals surface area contributed by atoms with Crippen molar-refractivity contribution in [3.8, 4) is 6.07 Å². The number of amides is 2. The first-order valence-corrected chi connectivity index (χ1v) is 10.7. The monoisotopic (exact) mass is 428 g/mol. The van der Waals surface area contributed by atoms with Crippen LogP contribution in [0.5, 0.6) is 0 Å². The topological polar surface area (TPSA) is 151 Å². The van der Waals surface area contributed by atoms with Gasteiger partial charge in [-0.15, -0.1) is 0 Å². The fourth-order valence-electron chi connectivity index (χ4n) is 3.69. The summed E-state index contributed by atoms with van der Waals surface area (Å²) in [5, 5.41) is 33.6. The van der Waals surface area contributed by atoms with Gasteiger partial charge in [0.1, 0.15) is 24.0 Å². The van der Waals surface area contributed by atoms with E-state index in [2.05, 4.69) is 20.6 Å². The Morgan fingerprint density at radius 1 is 1.26 bits per heavy atom. The lowest BCUT2D eigenvalue weighted by Crippen LogP contribution is -2.61. The molecule has 1 aliphatic heterocycles. The molecule has 2 aliphatic rings. The van der Waals surface area contributed by atoms with Crippen molar-refractivity contribution in [1.82, 2.24) is 20.6 Å². The van der Waals surface area contributed by atoms with Crippen LogP contribution in [-0.4, -0.2) is 63.5 Å². The van der Waals surface area contributed by atoms with Gasteiger partial charge in [-0.05, 0) is 31.1 Å². The van der Waals surface area contributed by atoms with Crippen LogP contribution in [0.15, 0.2) is 12.4 Å². The number of nitrogens with zero attached hydrogens (tertiary/aromatic N) is 4. The van der Waals surface area contributed by atoms with Gasteiger partial charge in [0.2, 0.25) is 11.8 Å². The second kappa shape index (κ2) is 10.1. The summed E-state index contributed by atoms with van der Waals surface area (Å²) in [6, 6.07) is 0.710. The molecule has 0 bridgehead atoms. The molecule has 2 fully saturated rings. The van der Waals surface area contributed by atoms with Crippen LogP contribution < -0.4 is 15.5 Å². The molecule has 3 atom stereocenters. The molecule has 0 radical (unpaired) electrons. The summed E-state index contributed by atoms with van der Waals surface area (Å²) in [5.41, 5.74) is 0.202. The quantitative estimate of drug-likeness (QED) is 0.373. The number of hydrogen-bond acceptors (Lipinski definition) is 8. The van der Waals surface area contributed by atoms with E-state index >= 15 is 0 Å². The van der Waals surface area contributed by atoms with E-state index < -0.39 is 31.1 Å². The van der Waals surface area contributed by atoms with E-state index in [-0.39, 0.29) is 17.5 Å². The molecule has 1 aromatic rings. The average Bonchev–Trinajstić information content (AvgIpc) is 3.50. The smallest absolute Gasteiger partial charge is 0.426 e. The van der Waals surface area contributed by atoms with Crippen LogP contribution in [-0.2, 0) is 9.59 Å². The van der Waals surface area contributed by atoms with E-state index in [1.807, 2.05) is 19.9 Å². The van der Waals surface area contributed by atoms with Crippen molar-refractivity contribution < 1.29 is 19.6 Å². The van der Waals surface area contributed by atoms with Crippen molar-refractivity contribution in [3.63, 3.8) is 0 Å². The largest absolute Gasteiger partial charge is 0.475 e. The first kappa shape index (κ1) is 23.0. The van der Waals surface area contributed by atoms with Gasteiger partial charge in [0.05, 0.1) is 18.3 Å². The van der Waals surface area contributed by atoms with Gasteiger partial charge in [0.25, 0.3) is 0 Å². The molecule has 3 unspecified atom stereocenters. The molecule has 1 aliphatic carbocycles. The summed E-state index contributed by atoms with van der Waals surface area (Å²) in [7, 11) is -1.67. The maximum absolute atomic E-state index is 12.9. The Morgan fingerprint density at radius 3 is 2.48 bits per heavy atom. The maximum Gasteiger partial charge on any atom is 0.475 e. The predicted octanol–water partition coefficient (Wildman–Crippen LogP) is -0.245. The zero-order valence-corrected chi connectivity index (χ0v) is 17.9. The second-order valence-electron chi connectivity index (χ2n) is 8.77. The molecule has 3 rings (SSSR count). The summed E-state index contributed by atoms with van der Waals surface area (Å²) in [5.74, 6) is -0.401. The summed E-state index contributed by atoms with van der Waals surface area (Å²) >= 11 is 0. The summed E-state index contributed by atoms with van der Waals surface area (Å²) in [6.07, 6.45) is 6.43. The van der Waals surface area contributed by atoms with E-state index in [0.29, 0.717) is 37.5 Å². The lowest BCUT2D eigenvalue weighted by Gasteiger charge is -2.41. The second-order valence-corrected chi connectivity index (χ2v) is 8.77. The van der Waals surface area contributed by atoms with Gasteiger partial charge in [-0.2, -0.15) is 5.26 Å². The molecular formula is C20H29BN6O4. The molecule has 0 aromatic carbocycles. The van der Waals surface area contributed by atoms with Gasteiger partial charge < -0.3 is 25.6 Å². The van der Waals surface area contributed by atoms with Gasteiger partial charge in [-0.25, -0.2) is 9.97 Å². The number of carbonyl (C=O) groups excluding carboxylic acids is 2. The number of anilines is 1. The van der Waals surface area contributed by atoms with E-state index in [9.17, 15) is 19.6 Å². The summed E-state index contributed by atoms with van der Waals surface area (Å²) in [4.78, 5) is 35.8. The summed E-state index contributed by atoms with van der Waals surface area (Å²) in [6.45, 7) is 4.50. The van der Waals surface area contributed by atoms with Gasteiger partial charge in [0.15, 0.2) is 5.69 Å². The van der Waals surface area contributed by atoms with Crippen LogP contribution in [0.1, 0.15) is 51.6 Å². The maximum atomic E-state index is 12.9. The fourth-order valence-corrected chi connectivity index (χ4v) is 3.69. The predicted molar refractivity (Wildman–Crippen MR) is 113 cm³/mol. The molecular weight excluding hydrogens is 399 g/mol. The molecule has 4 N–H and O–H groups in total. The average molecular weight is 428 g/mol. The highest BCUT2D eigenvalue weighted by atomic mass is 16.4. The minimum absolute atomic E-state index is 0.167. The first-order chi connectivity index (χ1) is 14.8. The minimum Gasteiger partial charge on any atom is -0.426 e. The zero-order valence-electron chi connectivity index (χ0n) is 17.9. The number of rotatable bonds is 10. The lowest BCUT2D eigenvalue weighted by atomic mass is 9.75. The Hall–Kier alpha value is -2.71. The third-order valence-electron chi connectivity index (χ3n) is 5.68. The SMILES string of the molecule is CC(C)CC(NC(=O)C(CC1CC1)NC(=O)C1CCN1c1cnc(C#N)cn1)B(O)O. The normalized spacial score (nSPS) is 19.7. The molecule has 2 heterocycles. The highest BCUT2D eigenvalue weighted by Crippen LogP contribution is 2.34. The fraction of sp³-hybridized carbons (Fsp3) is 0.650. The van der Waals surface area contributed by atoms with Gasteiger partial charge in [0, 0.05) is 6.54 Å². The van der Waals surface area contributed by atoms with Crippen LogP contribution in [0.4, 0.5) is 5.82 Å². The van der Waals surface area contributed by atoms with Gasteiger partial charge in [-0.3, -0.25) is 9.59 Å². The number of hydrogen-bond donors (Lipinski definition) is 4. The summed E-state index contributed by atoms with van der Waals surface area (Å²) < 4.78 is 0. The third-order valence-corrected chi connectivity index (χ3v) is 5.68.